The molecule has 0 bridgehead atoms. The maximum Gasteiger partial charge on any atom is 0.249 e. The Morgan fingerprint density at radius 3 is 2.53 bits per heavy atom. The summed E-state index contributed by atoms with van der Waals surface area (Å²) in [5.41, 5.74) is 3.09. The van der Waals surface area contributed by atoms with Gasteiger partial charge in [0.1, 0.15) is 23.7 Å². The molecular weight excluding hydrogens is 420 g/mol. The van der Waals surface area contributed by atoms with Gasteiger partial charge in [0.05, 0.1) is 12.1 Å². The number of hydrogen-bond donors (Lipinski definition) is 2. The van der Waals surface area contributed by atoms with Crippen molar-refractivity contribution in [2.75, 3.05) is 10.6 Å². The molecule has 4 aromatic rings. The summed E-state index contributed by atoms with van der Waals surface area (Å²) in [6.07, 6.45) is 3.08. The summed E-state index contributed by atoms with van der Waals surface area (Å²) in [6, 6.07) is 8.49. The van der Waals surface area contributed by atoms with E-state index in [1.54, 1.807) is 42.5 Å². The Kier molecular flexibility index (Phi) is 5.96. The summed E-state index contributed by atoms with van der Waals surface area (Å²) in [7, 11) is 0. The van der Waals surface area contributed by atoms with Gasteiger partial charge in [-0.1, -0.05) is 0 Å². The van der Waals surface area contributed by atoms with E-state index in [0.717, 1.165) is 16.3 Å². The van der Waals surface area contributed by atoms with Crippen molar-refractivity contribution in [3.63, 3.8) is 0 Å². The summed E-state index contributed by atoms with van der Waals surface area (Å²) < 4.78 is 1.48. The van der Waals surface area contributed by atoms with Gasteiger partial charge in [0.2, 0.25) is 11.8 Å². The lowest BCUT2D eigenvalue weighted by atomic mass is 10.2. The van der Waals surface area contributed by atoms with Gasteiger partial charge in [0.15, 0.2) is 0 Å². The Labute approximate surface area is 180 Å². The number of carbonyl (C=O) groups is 2. The minimum Gasteiger partial charge on any atom is -0.326 e. The highest BCUT2D eigenvalue weighted by molar-refractivity contribution is 7.14. The summed E-state index contributed by atoms with van der Waals surface area (Å²) in [5, 5.41) is 16.5. The van der Waals surface area contributed by atoms with Crippen molar-refractivity contribution in [2.24, 2.45) is 0 Å². The van der Waals surface area contributed by atoms with Gasteiger partial charge in [-0.3, -0.25) is 9.59 Å². The van der Waals surface area contributed by atoms with Crippen molar-refractivity contribution < 1.29 is 9.59 Å². The van der Waals surface area contributed by atoms with Crippen LogP contribution in [0, 0.1) is 0 Å². The Hall–Kier alpha value is -3.37. The third-order valence-corrected chi connectivity index (χ3v) is 5.93. The summed E-state index contributed by atoms with van der Waals surface area (Å²) in [6.45, 7) is 1.74. The number of anilines is 2. The molecule has 10 heteroatoms. The number of rotatable bonds is 7. The predicted octanol–water partition coefficient (Wildman–Crippen LogP) is 3.84. The molecule has 3 aromatic heterocycles. The van der Waals surface area contributed by atoms with Gasteiger partial charge in [-0.2, -0.15) is 16.4 Å². The van der Waals surface area contributed by atoms with Crippen molar-refractivity contribution >= 4 is 45.9 Å². The Bertz CT molecular complexity index is 1120. The summed E-state index contributed by atoms with van der Waals surface area (Å²) in [5.74, 6) is -0.351. The van der Waals surface area contributed by atoms with Gasteiger partial charge in [-0.25, -0.2) is 14.6 Å². The minimum atomic E-state index is -0.482. The zero-order chi connectivity index (χ0) is 20.9. The van der Waals surface area contributed by atoms with Crippen LogP contribution in [-0.4, -0.2) is 31.6 Å². The van der Waals surface area contributed by atoms with Gasteiger partial charge in [0.25, 0.3) is 0 Å². The number of aromatic nitrogens is 4. The van der Waals surface area contributed by atoms with Crippen LogP contribution in [0.5, 0.6) is 0 Å². The van der Waals surface area contributed by atoms with E-state index in [0.29, 0.717) is 11.4 Å². The first-order valence-electron chi connectivity index (χ1n) is 9.10. The van der Waals surface area contributed by atoms with Crippen molar-refractivity contribution in [3.8, 4) is 10.6 Å². The van der Waals surface area contributed by atoms with E-state index in [9.17, 15) is 9.59 Å². The molecule has 0 aliphatic carbocycles. The fraction of sp³-hybridized carbons (Fsp3) is 0.150. The van der Waals surface area contributed by atoms with E-state index in [2.05, 4.69) is 25.7 Å². The van der Waals surface area contributed by atoms with Crippen LogP contribution in [0.2, 0.25) is 0 Å². The van der Waals surface area contributed by atoms with Gasteiger partial charge in [-0.15, -0.1) is 11.3 Å². The molecule has 0 aliphatic heterocycles. The number of nitrogens with one attached hydrogen (secondary N) is 2. The van der Waals surface area contributed by atoms with Crippen molar-refractivity contribution in [1.29, 1.82) is 0 Å². The Morgan fingerprint density at radius 1 is 1.10 bits per heavy atom. The Morgan fingerprint density at radius 2 is 1.87 bits per heavy atom. The third-order valence-electron chi connectivity index (χ3n) is 4.31. The zero-order valence-corrected chi connectivity index (χ0v) is 17.6. The first-order valence-corrected chi connectivity index (χ1v) is 10.9. The molecule has 0 radical (unpaired) electrons. The molecule has 3 heterocycles. The second kappa shape index (κ2) is 8.97. The molecule has 0 aliphatic rings. The van der Waals surface area contributed by atoms with Crippen LogP contribution in [0.3, 0.4) is 0 Å². The van der Waals surface area contributed by atoms with Crippen LogP contribution in [0.1, 0.15) is 18.7 Å². The van der Waals surface area contributed by atoms with Crippen LogP contribution in [-0.2, 0) is 16.0 Å². The molecule has 0 unspecified atom stereocenters. The molecule has 2 amide bonds. The number of carbonyl (C=O) groups excluding carboxylic acids is 2. The summed E-state index contributed by atoms with van der Waals surface area (Å²) in [4.78, 5) is 33.0. The van der Waals surface area contributed by atoms with Crippen molar-refractivity contribution in [1.82, 2.24) is 19.7 Å². The predicted molar refractivity (Wildman–Crippen MR) is 118 cm³/mol. The Balaban J connectivity index is 1.31. The second-order valence-corrected chi connectivity index (χ2v) is 8.14. The van der Waals surface area contributed by atoms with Gasteiger partial charge >= 0.3 is 0 Å². The van der Waals surface area contributed by atoms with Crippen molar-refractivity contribution in [3.05, 3.63) is 64.8 Å². The van der Waals surface area contributed by atoms with E-state index in [1.165, 1.54) is 28.7 Å². The lowest BCUT2D eigenvalue weighted by Crippen LogP contribution is -2.24. The monoisotopic (exact) mass is 438 g/mol. The molecule has 1 aromatic carbocycles. The normalized spacial score (nSPS) is 11.8. The molecule has 30 heavy (non-hydrogen) atoms. The standard InChI is InChI=1S/C20H18N6O2S2/c1-13(26-12-21-11-22-26)19(28)24-16-4-2-15(3-5-16)23-18(27)8-17-10-30-20(25-17)14-6-7-29-9-14/h2-7,9-13H,8H2,1H3,(H,23,27)(H,24,28)/t13-/m1/s1. The van der Waals surface area contributed by atoms with E-state index in [-0.39, 0.29) is 18.2 Å². The first kappa shape index (κ1) is 19.9. The lowest BCUT2D eigenvalue weighted by molar-refractivity contribution is -0.119. The highest BCUT2D eigenvalue weighted by atomic mass is 32.1. The van der Waals surface area contributed by atoms with E-state index in [1.807, 2.05) is 22.2 Å². The molecule has 0 spiro atoms. The van der Waals surface area contributed by atoms with Crippen molar-refractivity contribution in [2.45, 2.75) is 19.4 Å². The third kappa shape index (κ3) is 4.78. The highest BCUT2D eigenvalue weighted by Gasteiger charge is 2.15. The molecule has 1 atom stereocenters. The number of thiazole rings is 1. The van der Waals surface area contributed by atoms with E-state index in [4.69, 9.17) is 0 Å². The number of hydrogen-bond acceptors (Lipinski definition) is 7. The topological polar surface area (TPSA) is 102 Å². The van der Waals surface area contributed by atoms with E-state index < -0.39 is 6.04 Å². The first-order chi connectivity index (χ1) is 14.6. The minimum absolute atomic E-state index is 0.145. The van der Waals surface area contributed by atoms with Crippen LogP contribution in [0.15, 0.2) is 59.1 Å². The quantitative estimate of drug-likeness (QED) is 0.456. The van der Waals surface area contributed by atoms with Crippen LogP contribution < -0.4 is 10.6 Å². The molecule has 152 valence electrons. The molecule has 0 fully saturated rings. The average molecular weight is 439 g/mol. The largest absolute Gasteiger partial charge is 0.326 e. The van der Waals surface area contributed by atoms with E-state index >= 15 is 0 Å². The number of amides is 2. The molecule has 8 nitrogen and oxygen atoms in total. The van der Waals surface area contributed by atoms with Crippen LogP contribution in [0.4, 0.5) is 11.4 Å². The second-order valence-electron chi connectivity index (χ2n) is 6.50. The number of nitrogens with zero attached hydrogens (tertiary/aromatic N) is 4. The molecular formula is C20H18N6O2S2. The average Bonchev–Trinajstić information content (AvgIpc) is 3.50. The summed E-state index contributed by atoms with van der Waals surface area (Å²) >= 11 is 3.15. The smallest absolute Gasteiger partial charge is 0.249 e. The number of thiophene rings is 1. The lowest BCUT2D eigenvalue weighted by Gasteiger charge is -2.12. The fourth-order valence-electron chi connectivity index (χ4n) is 2.70. The highest BCUT2D eigenvalue weighted by Crippen LogP contribution is 2.26. The maximum atomic E-state index is 12.3. The van der Waals surface area contributed by atoms with Crippen LogP contribution >= 0.6 is 22.7 Å². The molecule has 0 saturated heterocycles. The van der Waals surface area contributed by atoms with Gasteiger partial charge in [0, 0.05) is 27.7 Å². The molecule has 0 saturated carbocycles. The zero-order valence-electron chi connectivity index (χ0n) is 16.0. The number of benzene rings is 1. The molecule has 2 N–H and O–H groups in total. The molecule has 4 rings (SSSR count). The van der Waals surface area contributed by atoms with Gasteiger partial charge in [-0.05, 0) is 42.6 Å². The SMILES string of the molecule is C[C@H](C(=O)Nc1ccc(NC(=O)Cc2csc(-c3ccsc3)n2)cc1)n1cncn1. The fourth-order valence-corrected chi connectivity index (χ4v) is 4.23. The van der Waals surface area contributed by atoms with Crippen LogP contribution in [0.25, 0.3) is 10.6 Å². The maximum absolute atomic E-state index is 12.3. The van der Waals surface area contributed by atoms with Gasteiger partial charge < -0.3 is 10.6 Å².